The third kappa shape index (κ3) is 6.90. The number of pyridine rings is 1. The zero-order valence-electron chi connectivity index (χ0n) is 27.8. The van der Waals surface area contributed by atoms with E-state index in [1.165, 1.54) is 6.07 Å². The van der Waals surface area contributed by atoms with Crippen molar-refractivity contribution in [1.29, 1.82) is 5.26 Å². The number of amides is 1. The van der Waals surface area contributed by atoms with Crippen molar-refractivity contribution in [1.82, 2.24) is 19.7 Å². The van der Waals surface area contributed by atoms with Gasteiger partial charge in [0.05, 0.1) is 33.3 Å². The number of halogens is 1. The molecule has 3 heterocycles. The largest absolute Gasteiger partial charge is 0.444 e. The molecule has 1 aliphatic rings. The van der Waals surface area contributed by atoms with E-state index in [1.54, 1.807) is 32.6 Å². The Morgan fingerprint density at radius 1 is 0.958 bits per heavy atom. The first kappa shape index (κ1) is 33.8. The molecule has 0 spiro atoms. The Balaban J connectivity index is 1.60. The molecule has 0 saturated carbocycles. The van der Waals surface area contributed by atoms with Gasteiger partial charge in [-0.1, -0.05) is 12.1 Å². The molecule has 1 aliphatic heterocycles. The number of nitrogens with zero attached hydrogens (tertiary/aromatic N) is 7. The Bertz CT molecular complexity index is 1960. The number of nitro benzene ring substituents is 1. The van der Waals surface area contributed by atoms with Gasteiger partial charge in [0.25, 0.3) is 5.69 Å². The molecule has 0 aliphatic carbocycles. The second kappa shape index (κ2) is 12.6. The van der Waals surface area contributed by atoms with Crippen LogP contribution in [0.4, 0.5) is 25.4 Å². The van der Waals surface area contributed by atoms with Crippen molar-refractivity contribution in [2.24, 2.45) is 0 Å². The summed E-state index contributed by atoms with van der Waals surface area (Å²) in [5, 5.41) is 26.6. The molecule has 250 valence electrons. The Hall–Kier alpha value is -5.58. The number of aryl methyl sites for hydroxylation is 1. The number of anilines is 1. The number of hydrogen-bond donors (Lipinski definition) is 0. The van der Waals surface area contributed by atoms with Gasteiger partial charge in [-0.05, 0) is 72.2 Å². The summed E-state index contributed by atoms with van der Waals surface area (Å²) in [7, 11) is 0. The van der Waals surface area contributed by atoms with Crippen molar-refractivity contribution in [3.8, 4) is 28.5 Å². The molecule has 0 atom stereocenters. The minimum Gasteiger partial charge on any atom is -0.444 e. The fourth-order valence-corrected chi connectivity index (χ4v) is 5.46. The predicted octanol–water partition coefficient (Wildman–Crippen LogP) is 6.83. The molecule has 1 fully saturated rings. The molecule has 5 rings (SSSR count). The van der Waals surface area contributed by atoms with Crippen LogP contribution in [0.1, 0.15) is 52.8 Å². The van der Waals surface area contributed by atoms with Gasteiger partial charge in [0, 0.05) is 49.1 Å². The molecule has 1 amide bonds. The molecule has 48 heavy (non-hydrogen) atoms. The highest BCUT2D eigenvalue weighted by Crippen LogP contribution is 2.40. The van der Waals surface area contributed by atoms with Crippen molar-refractivity contribution < 1.29 is 28.4 Å². The quantitative estimate of drug-likeness (QED) is 0.168. The van der Waals surface area contributed by atoms with Crippen molar-refractivity contribution in [3.05, 3.63) is 69.7 Å². The first-order valence-electron chi connectivity index (χ1n) is 15.3. The van der Waals surface area contributed by atoms with E-state index in [-0.39, 0.29) is 28.6 Å². The maximum atomic E-state index is 15.4. The van der Waals surface area contributed by atoms with E-state index in [0.29, 0.717) is 48.4 Å². The van der Waals surface area contributed by atoms with E-state index in [9.17, 15) is 25.0 Å². The number of piperazine rings is 1. The molecule has 0 unspecified atom stereocenters. The van der Waals surface area contributed by atoms with Crippen molar-refractivity contribution in [3.63, 3.8) is 0 Å². The van der Waals surface area contributed by atoms with Crippen LogP contribution in [0, 0.1) is 34.2 Å². The van der Waals surface area contributed by atoms with Crippen LogP contribution >= 0.6 is 0 Å². The number of carbonyl (C=O) groups excluding carboxylic acids is 2. The van der Waals surface area contributed by atoms with Crippen molar-refractivity contribution >= 4 is 34.6 Å². The summed E-state index contributed by atoms with van der Waals surface area (Å²) in [5.74, 6) is -0.959. The average Bonchev–Trinajstić information content (AvgIpc) is 3.34. The molecule has 14 heteroatoms. The van der Waals surface area contributed by atoms with E-state index in [1.807, 2.05) is 45.0 Å². The molecular weight excluding hydrogens is 621 g/mol. The number of non-ortho nitro benzene ring substituents is 1. The third-order valence-electron chi connectivity index (χ3n) is 7.54. The summed E-state index contributed by atoms with van der Waals surface area (Å²) in [6.45, 7) is 14.4. The number of rotatable bonds is 4. The standard InChI is InChI=1S/C34H36FN7O6/c1-20-27-28(21-8-10-22(11-9-21)39-14-16-40(17-15-39)31(43)47-33(2,3)4)25(19-36)29(24-13-12-23(42(45)46)18-26(24)35)37-30(27)41(38-20)32(44)48-34(5,6)7/h8-13,18H,14-17H2,1-7H3. The maximum absolute atomic E-state index is 15.4. The van der Waals surface area contributed by atoms with E-state index >= 15 is 4.39 Å². The Morgan fingerprint density at radius 2 is 1.56 bits per heavy atom. The molecule has 0 bridgehead atoms. The summed E-state index contributed by atoms with van der Waals surface area (Å²) in [6.07, 6.45) is -1.18. The first-order valence-corrected chi connectivity index (χ1v) is 15.3. The number of fused-ring (bicyclic) bond motifs is 1. The fraction of sp³-hybridized carbons (Fsp3) is 0.382. The van der Waals surface area contributed by atoms with E-state index < -0.39 is 33.7 Å². The highest BCUT2D eigenvalue weighted by molar-refractivity contribution is 6.03. The van der Waals surface area contributed by atoms with Crippen molar-refractivity contribution in [2.45, 2.75) is 59.7 Å². The zero-order chi connectivity index (χ0) is 35.1. The number of nitro groups is 1. The van der Waals surface area contributed by atoms with Gasteiger partial charge in [0.2, 0.25) is 0 Å². The van der Waals surface area contributed by atoms with Crippen LogP contribution < -0.4 is 4.90 Å². The lowest BCUT2D eigenvalue weighted by Gasteiger charge is -2.36. The number of ether oxygens (including phenoxy) is 2. The lowest BCUT2D eigenvalue weighted by Crippen LogP contribution is -2.50. The summed E-state index contributed by atoms with van der Waals surface area (Å²) >= 11 is 0. The van der Waals surface area contributed by atoms with Crippen LogP contribution in [0.2, 0.25) is 0 Å². The lowest BCUT2D eigenvalue weighted by atomic mass is 9.93. The van der Waals surface area contributed by atoms with Crippen LogP contribution in [0.25, 0.3) is 33.4 Å². The smallest absolute Gasteiger partial charge is 0.437 e. The minimum atomic E-state index is -0.959. The van der Waals surface area contributed by atoms with Gasteiger partial charge in [-0.15, -0.1) is 4.68 Å². The van der Waals surface area contributed by atoms with Gasteiger partial charge < -0.3 is 19.3 Å². The van der Waals surface area contributed by atoms with Gasteiger partial charge in [0.15, 0.2) is 5.65 Å². The van der Waals surface area contributed by atoms with Gasteiger partial charge >= 0.3 is 12.2 Å². The zero-order valence-corrected chi connectivity index (χ0v) is 27.8. The van der Waals surface area contributed by atoms with Crippen molar-refractivity contribution in [2.75, 3.05) is 31.1 Å². The Morgan fingerprint density at radius 3 is 2.10 bits per heavy atom. The van der Waals surface area contributed by atoms with Crippen LogP contribution in [0.3, 0.4) is 0 Å². The summed E-state index contributed by atoms with van der Waals surface area (Å²) in [5.41, 5.74) is 0.0572. The van der Waals surface area contributed by atoms with Crippen LogP contribution in [0.5, 0.6) is 0 Å². The lowest BCUT2D eigenvalue weighted by molar-refractivity contribution is -0.385. The van der Waals surface area contributed by atoms with Gasteiger partial charge in [-0.2, -0.15) is 10.4 Å². The molecule has 13 nitrogen and oxygen atoms in total. The first-order chi connectivity index (χ1) is 22.5. The van der Waals surface area contributed by atoms with Gasteiger partial charge in [-0.25, -0.2) is 19.0 Å². The summed E-state index contributed by atoms with van der Waals surface area (Å²) in [4.78, 5) is 44.7. The number of aromatic nitrogens is 3. The second-order valence-electron chi connectivity index (χ2n) is 13.4. The molecule has 2 aromatic heterocycles. The van der Waals surface area contributed by atoms with E-state index in [0.717, 1.165) is 22.5 Å². The van der Waals surface area contributed by atoms with Gasteiger partial charge in [0.1, 0.15) is 23.1 Å². The highest BCUT2D eigenvalue weighted by Gasteiger charge is 2.30. The van der Waals surface area contributed by atoms with E-state index in [2.05, 4.69) is 21.1 Å². The normalized spacial score (nSPS) is 13.7. The number of nitriles is 1. The molecule has 4 aromatic rings. The number of carbonyl (C=O) groups is 2. The molecular formula is C34H36FN7O6. The fourth-order valence-electron chi connectivity index (χ4n) is 5.46. The molecule has 0 radical (unpaired) electrons. The Labute approximate surface area is 276 Å². The molecule has 2 aromatic carbocycles. The SMILES string of the molecule is Cc1nn(C(=O)OC(C)(C)C)c2nc(-c3ccc([N+](=O)[O-])cc3F)c(C#N)c(-c3ccc(N4CCN(C(=O)OC(C)(C)C)CC4)cc3)c12. The van der Waals surface area contributed by atoms with Crippen LogP contribution in [-0.2, 0) is 9.47 Å². The average molecular weight is 658 g/mol. The molecule has 0 N–H and O–H groups in total. The predicted molar refractivity (Wildman–Crippen MR) is 176 cm³/mol. The highest BCUT2D eigenvalue weighted by atomic mass is 19.1. The minimum absolute atomic E-state index is 0.000756. The monoisotopic (exact) mass is 657 g/mol. The van der Waals surface area contributed by atoms with Crippen LogP contribution in [-0.4, -0.2) is 74.2 Å². The molecule has 1 saturated heterocycles. The summed E-state index contributed by atoms with van der Waals surface area (Å²) in [6, 6.07) is 12.6. The van der Waals surface area contributed by atoms with Crippen LogP contribution in [0.15, 0.2) is 42.5 Å². The Kier molecular flexibility index (Phi) is 8.83. The number of hydrogen-bond acceptors (Lipinski definition) is 10. The number of benzene rings is 2. The third-order valence-corrected chi connectivity index (χ3v) is 7.54. The second-order valence-corrected chi connectivity index (χ2v) is 13.4. The van der Waals surface area contributed by atoms with E-state index in [4.69, 9.17) is 9.47 Å². The maximum Gasteiger partial charge on any atom is 0.437 e. The topological polar surface area (TPSA) is 157 Å². The van der Waals surface area contributed by atoms with Gasteiger partial charge in [-0.3, -0.25) is 10.1 Å². The summed E-state index contributed by atoms with van der Waals surface area (Å²) < 4.78 is 27.5.